The topological polar surface area (TPSA) is 32.5 Å². The van der Waals surface area contributed by atoms with E-state index in [2.05, 4.69) is 15.9 Å². The molecule has 0 radical (unpaired) electrons. The molecule has 0 aromatic heterocycles. The fourth-order valence-corrected chi connectivity index (χ4v) is 3.52. The monoisotopic (exact) mass is 277 g/mol. The van der Waals surface area contributed by atoms with E-state index in [9.17, 15) is 4.39 Å². The summed E-state index contributed by atoms with van der Waals surface area (Å²) in [4.78, 5) is 4.94. The Kier molecular flexibility index (Phi) is 4.22. The first kappa shape index (κ1) is 13.8. The molecule has 1 atom stereocenters. The predicted molar refractivity (Wildman–Crippen MR) is 80.6 cm³/mol. The number of fused-ring (bicyclic) bond motifs is 1. The smallest absolute Gasteiger partial charge is 0.125 e. The molecule has 0 spiro atoms. The number of hydrogen-bond donors (Lipinski definition) is 1. The number of rotatable bonds is 3. The standard InChI is InChI=1S/C16H24FN3/c17-14-9-13(4-5-18)10-16(11-14)20-8-7-19-6-2-1-3-15(19)12-20/h9-11,15H,1-8,12,18H2. The summed E-state index contributed by atoms with van der Waals surface area (Å²) in [7, 11) is 0. The summed E-state index contributed by atoms with van der Waals surface area (Å²) in [5, 5.41) is 0. The number of nitrogens with two attached hydrogens (primary N) is 1. The lowest BCUT2D eigenvalue weighted by Crippen LogP contribution is -2.54. The van der Waals surface area contributed by atoms with Crippen LogP contribution in [0.2, 0.25) is 0 Å². The quantitative estimate of drug-likeness (QED) is 0.917. The second-order valence-electron chi connectivity index (χ2n) is 5.99. The van der Waals surface area contributed by atoms with E-state index in [0.29, 0.717) is 12.6 Å². The molecule has 0 bridgehead atoms. The SMILES string of the molecule is NCCc1cc(F)cc(N2CCN3CCCCC3C2)c1. The highest BCUT2D eigenvalue weighted by molar-refractivity contribution is 5.50. The van der Waals surface area contributed by atoms with Gasteiger partial charge in [-0.25, -0.2) is 4.39 Å². The molecule has 110 valence electrons. The fourth-order valence-electron chi connectivity index (χ4n) is 3.52. The predicted octanol–water partition coefficient (Wildman–Crippen LogP) is 2.00. The molecule has 4 heteroatoms. The zero-order valence-electron chi connectivity index (χ0n) is 12.0. The molecule has 1 aromatic carbocycles. The summed E-state index contributed by atoms with van der Waals surface area (Å²) in [5.41, 5.74) is 7.62. The van der Waals surface area contributed by atoms with Gasteiger partial charge in [0.1, 0.15) is 5.82 Å². The molecular formula is C16H24FN3. The molecule has 1 unspecified atom stereocenters. The zero-order valence-corrected chi connectivity index (χ0v) is 12.0. The number of halogens is 1. The molecule has 20 heavy (non-hydrogen) atoms. The van der Waals surface area contributed by atoms with Crippen molar-refractivity contribution >= 4 is 5.69 Å². The van der Waals surface area contributed by atoms with Crippen molar-refractivity contribution in [3.8, 4) is 0 Å². The molecule has 2 aliphatic rings. The highest BCUT2D eigenvalue weighted by Crippen LogP contribution is 2.26. The van der Waals surface area contributed by atoms with Crippen LogP contribution in [-0.2, 0) is 6.42 Å². The van der Waals surface area contributed by atoms with Gasteiger partial charge in [0.05, 0.1) is 0 Å². The molecule has 0 saturated carbocycles. The number of hydrogen-bond acceptors (Lipinski definition) is 3. The van der Waals surface area contributed by atoms with Crippen molar-refractivity contribution in [1.82, 2.24) is 4.90 Å². The van der Waals surface area contributed by atoms with Crippen molar-refractivity contribution < 1.29 is 4.39 Å². The van der Waals surface area contributed by atoms with Crippen LogP contribution in [0.5, 0.6) is 0 Å². The van der Waals surface area contributed by atoms with Crippen LogP contribution < -0.4 is 10.6 Å². The Morgan fingerprint density at radius 2 is 2.05 bits per heavy atom. The normalized spacial score (nSPS) is 23.7. The van der Waals surface area contributed by atoms with E-state index in [4.69, 9.17) is 5.73 Å². The molecule has 3 nitrogen and oxygen atoms in total. The van der Waals surface area contributed by atoms with Crippen LogP contribution in [0, 0.1) is 5.82 Å². The van der Waals surface area contributed by atoms with E-state index in [1.54, 1.807) is 12.1 Å². The van der Waals surface area contributed by atoms with Gasteiger partial charge in [0, 0.05) is 31.4 Å². The first-order chi connectivity index (χ1) is 9.76. The van der Waals surface area contributed by atoms with Gasteiger partial charge in [0.2, 0.25) is 0 Å². The van der Waals surface area contributed by atoms with E-state index >= 15 is 0 Å². The van der Waals surface area contributed by atoms with Gasteiger partial charge in [-0.3, -0.25) is 4.90 Å². The highest BCUT2D eigenvalue weighted by atomic mass is 19.1. The van der Waals surface area contributed by atoms with Crippen molar-refractivity contribution in [2.75, 3.05) is 37.6 Å². The number of benzene rings is 1. The first-order valence-corrected chi connectivity index (χ1v) is 7.75. The molecule has 0 amide bonds. The molecule has 2 saturated heterocycles. The Bertz CT molecular complexity index is 463. The van der Waals surface area contributed by atoms with Crippen LogP contribution in [0.15, 0.2) is 18.2 Å². The minimum atomic E-state index is -0.142. The Balaban J connectivity index is 1.75. The van der Waals surface area contributed by atoms with Gasteiger partial charge in [-0.2, -0.15) is 0 Å². The number of anilines is 1. The van der Waals surface area contributed by atoms with Gasteiger partial charge >= 0.3 is 0 Å². The second kappa shape index (κ2) is 6.10. The summed E-state index contributed by atoms with van der Waals surface area (Å²) in [6, 6.07) is 6.03. The third-order valence-electron chi connectivity index (χ3n) is 4.58. The van der Waals surface area contributed by atoms with Crippen molar-refractivity contribution in [1.29, 1.82) is 0 Å². The number of piperidine rings is 1. The highest BCUT2D eigenvalue weighted by Gasteiger charge is 2.29. The average Bonchev–Trinajstić information content (AvgIpc) is 2.46. The summed E-state index contributed by atoms with van der Waals surface area (Å²) in [5.74, 6) is -0.142. The van der Waals surface area contributed by atoms with Crippen molar-refractivity contribution in [3.63, 3.8) is 0 Å². The maximum Gasteiger partial charge on any atom is 0.125 e. The van der Waals surface area contributed by atoms with E-state index in [1.807, 2.05) is 0 Å². The van der Waals surface area contributed by atoms with Crippen molar-refractivity contribution in [2.45, 2.75) is 31.7 Å². The van der Waals surface area contributed by atoms with Crippen LogP contribution in [0.1, 0.15) is 24.8 Å². The van der Waals surface area contributed by atoms with Gasteiger partial charge in [-0.1, -0.05) is 6.42 Å². The van der Waals surface area contributed by atoms with Crippen LogP contribution in [0.4, 0.5) is 10.1 Å². The largest absolute Gasteiger partial charge is 0.369 e. The van der Waals surface area contributed by atoms with Gasteiger partial charge in [-0.05, 0) is 56.1 Å². The lowest BCUT2D eigenvalue weighted by Gasteiger charge is -2.45. The Morgan fingerprint density at radius 1 is 1.15 bits per heavy atom. The fraction of sp³-hybridized carbons (Fsp3) is 0.625. The second-order valence-corrected chi connectivity index (χ2v) is 5.99. The van der Waals surface area contributed by atoms with Gasteiger partial charge in [-0.15, -0.1) is 0 Å². The van der Waals surface area contributed by atoms with E-state index in [1.165, 1.54) is 25.8 Å². The molecule has 2 heterocycles. The summed E-state index contributed by atoms with van der Waals surface area (Å²) >= 11 is 0. The maximum absolute atomic E-state index is 13.8. The summed E-state index contributed by atoms with van der Waals surface area (Å²) in [6.45, 7) is 4.94. The molecule has 1 aromatic rings. The first-order valence-electron chi connectivity index (χ1n) is 7.75. The van der Waals surface area contributed by atoms with Crippen LogP contribution in [0.3, 0.4) is 0 Å². The van der Waals surface area contributed by atoms with Crippen LogP contribution in [-0.4, -0.2) is 43.7 Å². The van der Waals surface area contributed by atoms with E-state index in [0.717, 1.165) is 37.3 Å². The maximum atomic E-state index is 13.8. The molecule has 2 N–H and O–H groups in total. The van der Waals surface area contributed by atoms with Gasteiger partial charge in [0.15, 0.2) is 0 Å². The number of nitrogens with zero attached hydrogens (tertiary/aromatic N) is 2. The lowest BCUT2D eigenvalue weighted by atomic mass is 9.99. The van der Waals surface area contributed by atoms with Gasteiger partial charge in [0.25, 0.3) is 0 Å². The summed E-state index contributed by atoms with van der Waals surface area (Å²) < 4.78 is 13.8. The third kappa shape index (κ3) is 2.96. The molecule has 2 fully saturated rings. The van der Waals surface area contributed by atoms with Crippen LogP contribution in [0.25, 0.3) is 0 Å². The number of piperazine rings is 1. The van der Waals surface area contributed by atoms with Gasteiger partial charge < -0.3 is 10.6 Å². The van der Waals surface area contributed by atoms with Crippen LogP contribution >= 0.6 is 0 Å². The average molecular weight is 277 g/mol. The Morgan fingerprint density at radius 3 is 2.90 bits per heavy atom. The third-order valence-corrected chi connectivity index (χ3v) is 4.58. The summed E-state index contributed by atoms with van der Waals surface area (Å²) in [6.07, 6.45) is 4.68. The van der Waals surface area contributed by atoms with Crippen molar-refractivity contribution in [3.05, 3.63) is 29.6 Å². The minimum Gasteiger partial charge on any atom is -0.369 e. The van der Waals surface area contributed by atoms with Crippen molar-refractivity contribution in [2.24, 2.45) is 5.73 Å². The van der Waals surface area contributed by atoms with E-state index in [-0.39, 0.29) is 5.82 Å². The lowest BCUT2D eigenvalue weighted by molar-refractivity contribution is 0.133. The molecule has 2 aliphatic heterocycles. The molecule has 0 aliphatic carbocycles. The Labute approximate surface area is 120 Å². The minimum absolute atomic E-state index is 0.142. The van der Waals surface area contributed by atoms with E-state index < -0.39 is 0 Å². The Hall–Kier alpha value is -1.13. The molecular weight excluding hydrogens is 253 g/mol. The zero-order chi connectivity index (χ0) is 13.9. The molecule has 3 rings (SSSR count).